The van der Waals surface area contributed by atoms with Gasteiger partial charge in [-0.05, 0) is 59.5 Å². The van der Waals surface area contributed by atoms with Crippen LogP contribution in [0.3, 0.4) is 0 Å². The van der Waals surface area contributed by atoms with Gasteiger partial charge in [-0.15, -0.1) is 11.8 Å². The van der Waals surface area contributed by atoms with Crippen LogP contribution in [-0.4, -0.2) is 44.0 Å². The Bertz CT molecular complexity index is 1090. The van der Waals surface area contributed by atoms with Gasteiger partial charge in [-0.3, -0.25) is 9.59 Å². The van der Waals surface area contributed by atoms with E-state index in [0.29, 0.717) is 18.0 Å². The standard InChI is InChI=1S/C27H29N3O4S/c1-33-24-11-9-23(10-12-24)19-35-20-27(32)30-29-17-22-7-13-25(14-8-22)34-18-26(31)28-16-15-21-5-3-2-4-6-21/h2-14,17H,15-16,18-20H2,1H3,(H,28,31)(H,30,32)/b29-17-. The van der Waals surface area contributed by atoms with Crippen LogP contribution in [0.25, 0.3) is 0 Å². The Labute approximate surface area is 209 Å². The van der Waals surface area contributed by atoms with Crippen molar-refractivity contribution in [3.8, 4) is 11.5 Å². The molecule has 3 aromatic rings. The first-order valence-electron chi connectivity index (χ1n) is 11.2. The zero-order chi connectivity index (χ0) is 24.7. The van der Waals surface area contributed by atoms with E-state index in [1.165, 1.54) is 17.3 Å². The SMILES string of the molecule is COc1ccc(CSCC(=O)N/N=C\c2ccc(OCC(=O)NCCc3ccccc3)cc2)cc1. The molecule has 0 aliphatic rings. The summed E-state index contributed by atoms with van der Waals surface area (Å²) in [7, 11) is 1.63. The molecule has 0 fully saturated rings. The molecule has 0 heterocycles. The lowest BCUT2D eigenvalue weighted by molar-refractivity contribution is -0.123. The molecule has 0 saturated heterocycles. The molecule has 35 heavy (non-hydrogen) atoms. The van der Waals surface area contributed by atoms with Crippen molar-refractivity contribution in [2.24, 2.45) is 5.10 Å². The third-order valence-corrected chi connectivity index (χ3v) is 5.90. The molecule has 0 radical (unpaired) electrons. The summed E-state index contributed by atoms with van der Waals surface area (Å²) in [5.41, 5.74) is 5.63. The Kier molecular flexibility index (Phi) is 10.7. The number of ether oxygens (including phenoxy) is 2. The fraction of sp³-hybridized carbons (Fsp3) is 0.222. The van der Waals surface area contributed by atoms with Gasteiger partial charge in [-0.2, -0.15) is 5.10 Å². The Hall–Kier alpha value is -3.78. The molecule has 0 spiro atoms. The van der Waals surface area contributed by atoms with Crippen molar-refractivity contribution in [3.63, 3.8) is 0 Å². The van der Waals surface area contributed by atoms with Gasteiger partial charge in [0, 0.05) is 12.3 Å². The van der Waals surface area contributed by atoms with Gasteiger partial charge in [0.1, 0.15) is 11.5 Å². The van der Waals surface area contributed by atoms with E-state index < -0.39 is 0 Å². The number of hydrazone groups is 1. The summed E-state index contributed by atoms with van der Waals surface area (Å²) in [5, 5.41) is 6.84. The highest BCUT2D eigenvalue weighted by Gasteiger charge is 2.04. The summed E-state index contributed by atoms with van der Waals surface area (Å²) in [6.45, 7) is 0.514. The molecule has 7 nitrogen and oxygen atoms in total. The van der Waals surface area contributed by atoms with Crippen molar-refractivity contribution in [2.75, 3.05) is 26.0 Å². The third kappa shape index (κ3) is 9.93. The summed E-state index contributed by atoms with van der Waals surface area (Å²) < 4.78 is 10.7. The van der Waals surface area contributed by atoms with E-state index in [1.54, 1.807) is 37.6 Å². The highest BCUT2D eigenvalue weighted by atomic mass is 32.2. The topological polar surface area (TPSA) is 89.0 Å². The number of rotatable bonds is 13. The molecule has 3 rings (SSSR count). The van der Waals surface area contributed by atoms with Crippen LogP contribution < -0.4 is 20.2 Å². The van der Waals surface area contributed by atoms with E-state index in [4.69, 9.17) is 9.47 Å². The van der Waals surface area contributed by atoms with Crippen LogP contribution in [0.1, 0.15) is 16.7 Å². The van der Waals surface area contributed by atoms with Crippen LogP contribution in [0.4, 0.5) is 0 Å². The number of carbonyl (C=O) groups excluding carboxylic acids is 2. The van der Waals surface area contributed by atoms with Gasteiger partial charge in [0.05, 0.1) is 19.1 Å². The van der Waals surface area contributed by atoms with E-state index in [-0.39, 0.29) is 18.4 Å². The normalized spacial score (nSPS) is 10.7. The first-order chi connectivity index (χ1) is 17.1. The molecule has 0 unspecified atom stereocenters. The summed E-state index contributed by atoms with van der Waals surface area (Å²) >= 11 is 1.51. The zero-order valence-electron chi connectivity index (χ0n) is 19.6. The summed E-state index contributed by atoms with van der Waals surface area (Å²) in [6, 6.07) is 24.9. The average molecular weight is 492 g/mol. The number of thioether (sulfide) groups is 1. The van der Waals surface area contributed by atoms with Crippen molar-refractivity contribution < 1.29 is 19.1 Å². The van der Waals surface area contributed by atoms with E-state index in [0.717, 1.165) is 29.1 Å². The largest absolute Gasteiger partial charge is 0.497 e. The number of carbonyl (C=O) groups is 2. The Balaban J connectivity index is 1.29. The molecule has 0 saturated carbocycles. The minimum absolute atomic E-state index is 0.0491. The molecule has 0 atom stereocenters. The monoisotopic (exact) mass is 491 g/mol. The van der Waals surface area contributed by atoms with E-state index >= 15 is 0 Å². The minimum atomic E-state index is -0.169. The number of hydrogen-bond donors (Lipinski definition) is 2. The fourth-order valence-corrected chi connectivity index (χ4v) is 3.82. The maximum Gasteiger partial charge on any atom is 0.257 e. The average Bonchev–Trinajstić information content (AvgIpc) is 2.89. The van der Waals surface area contributed by atoms with Gasteiger partial charge in [-0.1, -0.05) is 42.5 Å². The minimum Gasteiger partial charge on any atom is -0.497 e. The van der Waals surface area contributed by atoms with Gasteiger partial charge >= 0.3 is 0 Å². The second-order valence-electron chi connectivity index (χ2n) is 7.58. The Morgan fingerprint density at radius 2 is 1.60 bits per heavy atom. The number of nitrogens with one attached hydrogen (secondary N) is 2. The second kappa shape index (κ2) is 14.5. The van der Waals surface area contributed by atoms with Crippen LogP contribution in [0.5, 0.6) is 11.5 Å². The van der Waals surface area contributed by atoms with E-state index in [9.17, 15) is 9.59 Å². The van der Waals surface area contributed by atoms with Crippen LogP contribution in [0.2, 0.25) is 0 Å². The summed E-state index contributed by atoms with van der Waals surface area (Å²) in [4.78, 5) is 23.9. The number of nitrogens with zero attached hydrogens (tertiary/aromatic N) is 1. The predicted octanol–water partition coefficient (Wildman–Crippen LogP) is 3.82. The lowest BCUT2D eigenvalue weighted by Crippen LogP contribution is -2.30. The van der Waals surface area contributed by atoms with Crippen LogP contribution >= 0.6 is 11.8 Å². The number of amides is 2. The highest BCUT2D eigenvalue weighted by molar-refractivity contribution is 7.99. The van der Waals surface area contributed by atoms with Crippen molar-refractivity contribution in [1.82, 2.24) is 10.7 Å². The number of benzene rings is 3. The number of methoxy groups -OCH3 is 1. The molecule has 8 heteroatoms. The van der Waals surface area contributed by atoms with Gasteiger partial charge in [0.15, 0.2) is 6.61 Å². The smallest absolute Gasteiger partial charge is 0.257 e. The Morgan fingerprint density at radius 3 is 2.31 bits per heavy atom. The van der Waals surface area contributed by atoms with Crippen molar-refractivity contribution in [1.29, 1.82) is 0 Å². The molecule has 0 aliphatic carbocycles. The highest BCUT2D eigenvalue weighted by Crippen LogP contribution is 2.16. The molecule has 0 aromatic heterocycles. The molecule has 2 amide bonds. The quantitative estimate of drug-likeness (QED) is 0.280. The van der Waals surface area contributed by atoms with Gasteiger partial charge in [-0.25, -0.2) is 5.43 Å². The predicted molar refractivity (Wildman–Crippen MR) is 140 cm³/mol. The van der Waals surface area contributed by atoms with Crippen molar-refractivity contribution in [3.05, 3.63) is 95.6 Å². The summed E-state index contributed by atoms with van der Waals surface area (Å²) in [6.07, 6.45) is 2.34. The molecule has 3 aromatic carbocycles. The molecule has 0 bridgehead atoms. The summed E-state index contributed by atoms with van der Waals surface area (Å²) in [5.74, 6) is 2.10. The van der Waals surface area contributed by atoms with E-state index in [2.05, 4.69) is 15.8 Å². The first kappa shape index (κ1) is 25.8. The number of hydrogen-bond acceptors (Lipinski definition) is 6. The van der Waals surface area contributed by atoms with Gasteiger partial charge in [0.2, 0.25) is 5.91 Å². The Morgan fingerprint density at radius 1 is 0.886 bits per heavy atom. The van der Waals surface area contributed by atoms with Crippen LogP contribution in [-0.2, 0) is 21.8 Å². The van der Waals surface area contributed by atoms with E-state index in [1.807, 2.05) is 54.6 Å². The molecule has 182 valence electrons. The lowest BCUT2D eigenvalue weighted by atomic mass is 10.1. The fourth-order valence-electron chi connectivity index (χ4n) is 3.04. The lowest BCUT2D eigenvalue weighted by Gasteiger charge is -2.08. The zero-order valence-corrected chi connectivity index (χ0v) is 20.4. The molecule has 2 N–H and O–H groups in total. The maximum atomic E-state index is 12.0. The molecule has 0 aliphatic heterocycles. The van der Waals surface area contributed by atoms with Crippen molar-refractivity contribution in [2.45, 2.75) is 12.2 Å². The second-order valence-corrected chi connectivity index (χ2v) is 8.56. The van der Waals surface area contributed by atoms with Crippen molar-refractivity contribution >= 4 is 29.8 Å². The molecular weight excluding hydrogens is 462 g/mol. The van der Waals surface area contributed by atoms with Crippen LogP contribution in [0.15, 0.2) is 84.0 Å². The van der Waals surface area contributed by atoms with Gasteiger partial charge in [0.25, 0.3) is 5.91 Å². The first-order valence-corrected chi connectivity index (χ1v) is 12.3. The third-order valence-electron chi connectivity index (χ3n) is 4.89. The van der Waals surface area contributed by atoms with Gasteiger partial charge < -0.3 is 14.8 Å². The maximum absolute atomic E-state index is 12.0. The van der Waals surface area contributed by atoms with Crippen LogP contribution in [0, 0.1) is 0 Å². The molecular formula is C27H29N3O4S.